The van der Waals surface area contributed by atoms with Crippen molar-refractivity contribution in [1.82, 2.24) is 9.55 Å². The summed E-state index contributed by atoms with van der Waals surface area (Å²) in [5, 5.41) is 0.841. The lowest BCUT2D eigenvalue weighted by atomic mass is 10.0. The smallest absolute Gasteiger partial charge is 0.290 e. The summed E-state index contributed by atoms with van der Waals surface area (Å²) in [6.45, 7) is 0.580. The molecule has 0 N–H and O–H groups in total. The Balaban J connectivity index is 2.08. The maximum absolute atomic E-state index is 14.1. The van der Waals surface area contributed by atoms with Crippen molar-refractivity contribution in [2.24, 2.45) is 0 Å². The molecule has 4 rings (SSSR count). The van der Waals surface area contributed by atoms with Crippen LogP contribution in [-0.4, -0.2) is 15.3 Å². The van der Waals surface area contributed by atoms with Gasteiger partial charge in [0.15, 0.2) is 0 Å². The van der Waals surface area contributed by atoms with Gasteiger partial charge in [0.1, 0.15) is 11.6 Å². The third-order valence-corrected chi connectivity index (χ3v) is 4.85. The summed E-state index contributed by atoms with van der Waals surface area (Å²) in [5.41, 5.74) is 1.49. The maximum Gasteiger partial charge on any atom is 0.348 e. The average molecular weight is 316 g/mol. The van der Waals surface area contributed by atoms with Crippen LogP contribution in [0.3, 0.4) is 0 Å². The van der Waals surface area contributed by atoms with Crippen molar-refractivity contribution in [3.05, 3.63) is 58.6 Å². The van der Waals surface area contributed by atoms with Crippen LogP contribution in [0.2, 0.25) is 0 Å². The van der Waals surface area contributed by atoms with Crippen molar-refractivity contribution >= 4 is 22.7 Å². The Morgan fingerprint density at radius 2 is 1.95 bits per heavy atom. The first-order chi connectivity index (χ1) is 10.6. The van der Waals surface area contributed by atoms with Crippen LogP contribution in [0, 0.1) is 11.6 Å². The molecule has 3 aromatic rings. The summed E-state index contributed by atoms with van der Waals surface area (Å²) in [7, 11) is 0. The average Bonchev–Trinajstić information content (AvgIpc) is 2.52. The van der Waals surface area contributed by atoms with Crippen LogP contribution in [0.25, 0.3) is 22.0 Å². The number of hydrogen-bond acceptors (Lipinski definition) is 3. The van der Waals surface area contributed by atoms with Crippen LogP contribution < -0.4 is 5.69 Å². The Morgan fingerprint density at radius 3 is 2.77 bits per heavy atom. The van der Waals surface area contributed by atoms with Crippen molar-refractivity contribution in [2.75, 3.05) is 5.75 Å². The van der Waals surface area contributed by atoms with E-state index in [-0.39, 0.29) is 5.69 Å². The predicted molar refractivity (Wildman–Crippen MR) is 82.1 cm³/mol. The maximum atomic E-state index is 14.1. The number of halogens is 2. The van der Waals surface area contributed by atoms with E-state index in [9.17, 15) is 13.6 Å². The molecule has 1 aliphatic rings. The summed E-state index contributed by atoms with van der Waals surface area (Å²) in [6, 6.07) is 7.15. The Morgan fingerprint density at radius 1 is 1.14 bits per heavy atom. The van der Waals surface area contributed by atoms with E-state index < -0.39 is 11.6 Å². The molecule has 0 atom stereocenters. The van der Waals surface area contributed by atoms with E-state index in [4.69, 9.17) is 0 Å². The minimum atomic E-state index is -0.607. The number of benzene rings is 2. The first kappa shape index (κ1) is 13.5. The lowest BCUT2D eigenvalue weighted by molar-refractivity contribution is 0.585. The highest BCUT2D eigenvalue weighted by atomic mass is 32.2. The van der Waals surface area contributed by atoms with E-state index in [1.807, 2.05) is 6.07 Å². The Kier molecular flexibility index (Phi) is 3.00. The van der Waals surface area contributed by atoms with Crippen LogP contribution in [0.15, 0.2) is 46.2 Å². The second-order valence-corrected chi connectivity index (χ2v) is 6.15. The molecule has 110 valence electrons. The van der Waals surface area contributed by atoms with Gasteiger partial charge in [-0.3, -0.25) is 4.57 Å². The largest absolute Gasteiger partial charge is 0.348 e. The van der Waals surface area contributed by atoms with Gasteiger partial charge in [0.2, 0.25) is 0 Å². The number of nitrogens with zero attached hydrogens (tertiary/aromatic N) is 2. The normalized spacial score (nSPS) is 13.5. The van der Waals surface area contributed by atoms with Gasteiger partial charge in [-0.1, -0.05) is 12.1 Å². The van der Waals surface area contributed by atoms with Crippen molar-refractivity contribution in [1.29, 1.82) is 0 Å². The zero-order chi connectivity index (χ0) is 15.3. The van der Waals surface area contributed by atoms with Gasteiger partial charge in [0.25, 0.3) is 0 Å². The molecular formula is C16H10F2N2OS. The molecular weight excluding hydrogens is 306 g/mol. The lowest BCUT2D eigenvalue weighted by Gasteiger charge is -2.21. The number of thioether (sulfide) groups is 1. The van der Waals surface area contributed by atoms with Crippen LogP contribution in [0.1, 0.15) is 0 Å². The van der Waals surface area contributed by atoms with Crippen molar-refractivity contribution in [2.45, 2.75) is 11.4 Å². The van der Waals surface area contributed by atoms with Crippen molar-refractivity contribution < 1.29 is 8.78 Å². The first-order valence-electron chi connectivity index (χ1n) is 6.76. The van der Waals surface area contributed by atoms with E-state index in [1.165, 1.54) is 18.3 Å². The quantitative estimate of drug-likeness (QED) is 0.690. The van der Waals surface area contributed by atoms with Crippen LogP contribution in [-0.2, 0) is 6.54 Å². The van der Waals surface area contributed by atoms with Gasteiger partial charge < -0.3 is 0 Å². The van der Waals surface area contributed by atoms with Gasteiger partial charge in [0.05, 0.1) is 5.52 Å². The fourth-order valence-corrected chi connectivity index (χ4v) is 3.95. The lowest BCUT2D eigenvalue weighted by Crippen LogP contribution is -2.26. The number of aryl methyl sites for hydroxylation is 1. The molecule has 2 heterocycles. The standard InChI is InChI=1S/C16H10F2N2OS/c17-10-2-4-11(13(18)7-10)12-3-1-9-8-19-16(21)20-5-6-22-15(12)14(9)20/h1-4,7-8H,5-6H2. The van der Waals surface area contributed by atoms with Gasteiger partial charge in [-0.25, -0.2) is 18.6 Å². The molecule has 0 fully saturated rings. The molecule has 0 radical (unpaired) electrons. The van der Waals surface area contributed by atoms with Crippen LogP contribution in [0.5, 0.6) is 0 Å². The molecule has 0 saturated heterocycles. The van der Waals surface area contributed by atoms with Gasteiger partial charge in [-0.15, -0.1) is 11.8 Å². The molecule has 0 bridgehead atoms. The first-order valence-corrected chi connectivity index (χ1v) is 7.74. The highest BCUT2D eigenvalue weighted by molar-refractivity contribution is 7.99. The highest BCUT2D eigenvalue weighted by Gasteiger charge is 2.20. The van der Waals surface area contributed by atoms with Crippen LogP contribution in [0.4, 0.5) is 8.78 Å². The number of hydrogen-bond donors (Lipinski definition) is 0. The molecule has 2 aromatic carbocycles. The Bertz CT molecular complexity index is 968. The topological polar surface area (TPSA) is 34.9 Å². The van der Waals surface area contributed by atoms with Crippen molar-refractivity contribution in [3.63, 3.8) is 0 Å². The summed E-state index contributed by atoms with van der Waals surface area (Å²) in [6.07, 6.45) is 1.54. The van der Waals surface area contributed by atoms with Gasteiger partial charge >= 0.3 is 5.69 Å². The molecule has 0 spiro atoms. The molecule has 0 saturated carbocycles. The Labute approximate surface area is 128 Å². The van der Waals surface area contributed by atoms with Crippen molar-refractivity contribution in [3.8, 4) is 11.1 Å². The zero-order valence-electron chi connectivity index (χ0n) is 11.3. The minimum absolute atomic E-state index is 0.300. The molecule has 22 heavy (non-hydrogen) atoms. The summed E-state index contributed by atoms with van der Waals surface area (Å²) >= 11 is 1.58. The van der Waals surface area contributed by atoms with E-state index in [2.05, 4.69) is 4.98 Å². The molecule has 0 aliphatic carbocycles. The van der Waals surface area contributed by atoms with Gasteiger partial charge in [-0.2, -0.15) is 0 Å². The predicted octanol–water partition coefficient (Wildman–Crippen LogP) is 3.45. The summed E-state index contributed by atoms with van der Waals surface area (Å²) in [5.74, 6) is -0.498. The highest BCUT2D eigenvalue weighted by Crippen LogP contribution is 2.40. The third-order valence-electron chi connectivity index (χ3n) is 3.76. The van der Waals surface area contributed by atoms with E-state index >= 15 is 0 Å². The molecule has 0 unspecified atom stereocenters. The molecule has 1 aromatic heterocycles. The second-order valence-electron chi connectivity index (χ2n) is 5.05. The minimum Gasteiger partial charge on any atom is -0.290 e. The summed E-state index contributed by atoms with van der Waals surface area (Å²) in [4.78, 5) is 16.6. The van der Waals surface area contributed by atoms with E-state index in [0.29, 0.717) is 23.4 Å². The fourth-order valence-electron chi connectivity index (χ4n) is 2.77. The summed E-state index contributed by atoms with van der Waals surface area (Å²) < 4.78 is 28.9. The number of aromatic nitrogens is 2. The van der Waals surface area contributed by atoms with Gasteiger partial charge in [0, 0.05) is 46.0 Å². The van der Waals surface area contributed by atoms with E-state index in [1.54, 1.807) is 22.4 Å². The zero-order valence-corrected chi connectivity index (χ0v) is 12.2. The van der Waals surface area contributed by atoms with Gasteiger partial charge in [-0.05, 0) is 12.1 Å². The van der Waals surface area contributed by atoms with Crippen LogP contribution >= 0.6 is 11.8 Å². The van der Waals surface area contributed by atoms with E-state index in [0.717, 1.165) is 21.9 Å². The second kappa shape index (κ2) is 4.91. The fraction of sp³-hybridized carbons (Fsp3) is 0.125. The number of rotatable bonds is 1. The molecule has 1 aliphatic heterocycles. The molecule has 3 nitrogen and oxygen atoms in total. The third kappa shape index (κ3) is 1.94. The SMILES string of the molecule is O=c1ncc2ccc(-c3ccc(F)cc3F)c3c2n1CCS3. The molecule has 6 heteroatoms. The Hall–Kier alpha value is -2.21. The monoisotopic (exact) mass is 316 g/mol. The molecule has 0 amide bonds.